The molecule has 0 saturated carbocycles. The Bertz CT molecular complexity index is 1780. The van der Waals surface area contributed by atoms with Crippen LogP contribution in [0.2, 0.25) is 0 Å². The third-order valence-corrected chi connectivity index (χ3v) is 7.52. The lowest BCUT2D eigenvalue weighted by Crippen LogP contribution is -2.39. The Balaban J connectivity index is 0.000000406. The molecule has 5 aromatic rings. The number of aryl methyl sites for hydroxylation is 1. The zero-order valence-electron chi connectivity index (χ0n) is 23.1. The molecule has 5 rings (SSSR count). The van der Waals surface area contributed by atoms with Crippen molar-refractivity contribution in [2.24, 2.45) is 5.41 Å². The van der Waals surface area contributed by atoms with Crippen molar-refractivity contribution in [3.63, 3.8) is 0 Å². The van der Waals surface area contributed by atoms with Crippen molar-refractivity contribution in [1.29, 1.82) is 0 Å². The molecule has 0 fully saturated rings. The largest absolute Gasteiger partial charge is 0.741 e. The van der Waals surface area contributed by atoms with Gasteiger partial charge in [-0.25, -0.2) is 17.2 Å². The fourth-order valence-corrected chi connectivity index (χ4v) is 5.92. The summed E-state index contributed by atoms with van der Waals surface area (Å²) < 4.78 is 63.7. The maximum atomic E-state index is 10.7. The Labute approximate surface area is 235 Å². The number of imidazole rings is 1. The Hall–Kier alpha value is -3.15. The lowest BCUT2D eigenvalue weighted by atomic mass is 9.82. The van der Waals surface area contributed by atoms with Gasteiger partial charge in [-0.1, -0.05) is 45.0 Å². The van der Waals surface area contributed by atoms with Crippen molar-refractivity contribution in [3.05, 3.63) is 71.1 Å². The predicted octanol–water partition coefficient (Wildman–Crippen LogP) is 7.55. The highest BCUT2D eigenvalue weighted by molar-refractivity contribution is 7.86. The molecule has 0 aliphatic rings. The van der Waals surface area contributed by atoms with Crippen molar-refractivity contribution < 1.29 is 30.5 Å². The summed E-state index contributed by atoms with van der Waals surface area (Å²) in [4.78, 5) is 0. The van der Waals surface area contributed by atoms with Gasteiger partial charge in [0, 0.05) is 22.4 Å². The van der Waals surface area contributed by atoms with E-state index in [0.717, 1.165) is 12.2 Å². The van der Waals surface area contributed by atoms with E-state index in [-0.39, 0.29) is 11.0 Å². The number of pyridine rings is 2. The molecular weight excluding hydrogens is 559 g/mol. The van der Waals surface area contributed by atoms with Gasteiger partial charge in [0.1, 0.15) is 5.69 Å². The van der Waals surface area contributed by atoms with Crippen LogP contribution in [0.1, 0.15) is 46.6 Å². The number of benzene rings is 1. The molecule has 1 aromatic carbocycles. The second kappa shape index (κ2) is 10.4. The first-order chi connectivity index (χ1) is 18.4. The Morgan fingerprint density at radius 3 is 2.25 bits per heavy atom. The maximum absolute atomic E-state index is 10.7. The molecule has 0 spiro atoms. The third-order valence-electron chi connectivity index (χ3n) is 6.27. The number of thiophene rings is 1. The number of hydrogen-bond acceptors (Lipinski definition) is 5. The van der Waals surface area contributed by atoms with Crippen LogP contribution in [0.5, 0.6) is 0 Å². The fourth-order valence-electron chi connectivity index (χ4n) is 5.27. The van der Waals surface area contributed by atoms with Crippen molar-refractivity contribution in [2.75, 3.05) is 5.32 Å². The van der Waals surface area contributed by atoms with Gasteiger partial charge in [0.15, 0.2) is 15.6 Å². The summed E-state index contributed by atoms with van der Waals surface area (Å²) in [5.74, 6) is 1.16. The Kier molecular flexibility index (Phi) is 7.72. The summed E-state index contributed by atoms with van der Waals surface area (Å²) in [5, 5.41) is 10.9. The first kappa shape index (κ1) is 29.8. The van der Waals surface area contributed by atoms with Crippen LogP contribution in [0.3, 0.4) is 0 Å². The highest BCUT2D eigenvalue weighted by atomic mass is 32.2. The number of anilines is 1. The van der Waals surface area contributed by atoms with Crippen molar-refractivity contribution in [2.45, 2.75) is 59.0 Å². The average Bonchev–Trinajstić information content (AvgIpc) is 3.43. The average molecular weight is 592 g/mol. The zero-order chi connectivity index (χ0) is 29.7. The number of hydrogen-bond donors (Lipinski definition) is 1. The quantitative estimate of drug-likeness (QED) is 0.133. The van der Waals surface area contributed by atoms with Crippen molar-refractivity contribution >= 4 is 49.2 Å². The smallest absolute Gasteiger partial charge is 0.485 e. The van der Waals surface area contributed by atoms with Gasteiger partial charge in [0.05, 0.1) is 11.7 Å². The highest BCUT2D eigenvalue weighted by Gasteiger charge is 2.37. The number of fused-ring (bicyclic) bond motifs is 5. The van der Waals surface area contributed by atoms with Crippen LogP contribution in [0, 0.1) is 12.3 Å². The molecule has 40 heavy (non-hydrogen) atoms. The molecule has 0 aliphatic heterocycles. The molecule has 11 heteroatoms. The Morgan fingerprint density at radius 1 is 1.02 bits per heavy atom. The van der Waals surface area contributed by atoms with E-state index in [1.165, 1.54) is 38.8 Å². The monoisotopic (exact) mass is 591 g/mol. The summed E-state index contributed by atoms with van der Waals surface area (Å²) in [6.07, 6.45) is 3.32. The van der Waals surface area contributed by atoms with Gasteiger partial charge in [0.25, 0.3) is 5.82 Å². The minimum atomic E-state index is -6.09. The summed E-state index contributed by atoms with van der Waals surface area (Å²) in [5.41, 5.74) is 0.648. The van der Waals surface area contributed by atoms with E-state index in [0.29, 0.717) is 0 Å². The molecule has 6 nitrogen and oxygen atoms in total. The molecule has 0 bridgehead atoms. The maximum Gasteiger partial charge on any atom is 0.485 e. The van der Waals surface area contributed by atoms with E-state index in [2.05, 4.69) is 121 Å². The van der Waals surface area contributed by atoms with E-state index < -0.39 is 15.6 Å². The predicted molar refractivity (Wildman–Crippen MR) is 154 cm³/mol. The molecule has 0 saturated heterocycles. The molecule has 0 unspecified atom stereocenters. The second-order valence-electron chi connectivity index (χ2n) is 11.7. The van der Waals surface area contributed by atoms with Gasteiger partial charge in [-0.3, -0.25) is 5.32 Å². The third kappa shape index (κ3) is 6.26. The molecule has 0 aliphatic carbocycles. The molecule has 0 radical (unpaired) electrons. The number of rotatable bonds is 4. The molecule has 4 aromatic heterocycles. The van der Waals surface area contributed by atoms with Crippen LogP contribution in [0.4, 0.5) is 19.0 Å². The van der Waals surface area contributed by atoms with Crippen molar-refractivity contribution in [1.82, 2.24) is 4.40 Å². The van der Waals surface area contributed by atoms with E-state index in [4.69, 9.17) is 13.0 Å². The standard InChI is InChI=1S/C28H32N3S.CHF3O3S/c1-19-11-12-24-30(16-19)26(29-28(5,6)18-27(2,3)4)25-22-10-8-7-9-20(22)15-23(31(24)25)21-13-14-32-17-21;2-1(3,4)8(5,6)7/h7-17,29H,18H2,1-6H3;(H,5,6,7)/q+1;/p-1. The SMILES string of the molecule is Cc1ccc2n3c(-c4ccsc4)cc4ccccc4c3c(NC(C)(C)CC(C)(C)C)[n+]2c1.O=S(=O)([O-])C(F)(F)F. The normalized spacial score (nSPS) is 13.1. The zero-order valence-corrected chi connectivity index (χ0v) is 24.8. The first-order valence-corrected chi connectivity index (χ1v) is 14.9. The van der Waals surface area contributed by atoms with E-state index in [1.54, 1.807) is 11.3 Å². The van der Waals surface area contributed by atoms with Crippen LogP contribution < -0.4 is 9.72 Å². The molecule has 1 N–H and O–H groups in total. The topological polar surface area (TPSA) is 77.7 Å². The summed E-state index contributed by atoms with van der Waals surface area (Å²) in [6, 6.07) is 17.7. The summed E-state index contributed by atoms with van der Waals surface area (Å²) in [6.45, 7) is 13.7. The summed E-state index contributed by atoms with van der Waals surface area (Å²) >= 11 is 1.74. The van der Waals surface area contributed by atoms with Gasteiger partial charge >= 0.3 is 5.51 Å². The molecular formula is C29H32F3N3O3S2. The van der Waals surface area contributed by atoms with Gasteiger partial charge in [-0.2, -0.15) is 24.5 Å². The van der Waals surface area contributed by atoms with E-state index >= 15 is 0 Å². The molecule has 0 atom stereocenters. The molecule has 4 heterocycles. The lowest BCUT2D eigenvalue weighted by Gasteiger charge is -2.31. The minimum Gasteiger partial charge on any atom is -0.741 e. The molecule has 214 valence electrons. The number of nitrogens with zero attached hydrogens (tertiary/aromatic N) is 2. The van der Waals surface area contributed by atoms with E-state index in [9.17, 15) is 13.2 Å². The molecule has 0 amide bonds. The number of aromatic nitrogens is 2. The van der Waals surface area contributed by atoms with Crippen LogP contribution >= 0.6 is 11.3 Å². The first-order valence-electron chi connectivity index (χ1n) is 12.6. The highest BCUT2D eigenvalue weighted by Crippen LogP contribution is 2.36. The number of halogens is 3. The van der Waals surface area contributed by atoms with E-state index in [1.807, 2.05) is 0 Å². The van der Waals surface area contributed by atoms with Crippen LogP contribution in [-0.2, 0) is 10.1 Å². The van der Waals surface area contributed by atoms with Gasteiger partial charge in [-0.15, -0.1) is 0 Å². The minimum absolute atomic E-state index is 0.0662. The van der Waals surface area contributed by atoms with Gasteiger partial charge in [0.2, 0.25) is 5.65 Å². The van der Waals surface area contributed by atoms with Crippen LogP contribution in [-0.4, -0.2) is 28.4 Å². The van der Waals surface area contributed by atoms with Gasteiger partial charge < -0.3 is 4.55 Å². The van der Waals surface area contributed by atoms with Gasteiger partial charge in [-0.05, 0) is 67.1 Å². The van der Waals surface area contributed by atoms with Crippen LogP contribution in [0.15, 0.2) is 65.5 Å². The summed E-state index contributed by atoms with van der Waals surface area (Å²) in [7, 11) is -6.09. The van der Waals surface area contributed by atoms with Crippen molar-refractivity contribution in [3.8, 4) is 11.3 Å². The number of alkyl halides is 3. The fraction of sp³-hybridized carbons (Fsp3) is 0.345. The number of nitrogens with one attached hydrogen (secondary N) is 1. The second-order valence-corrected chi connectivity index (χ2v) is 13.9. The van der Waals surface area contributed by atoms with Crippen LogP contribution in [0.25, 0.3) is 33.2 Å². The lowest BCUT2D eigenvalue weighted by molar-refractivity contribution is -0.495. The Morgan fingerprint density at radius 2 is 1.68 bits per heavy atom.